The summed E-state index contributed by atoms with van der Waals surface area (Å²) in [6, 6.07) is 8.09. The van der Waals surface area contributed by atoms with Crippen molar-refractivity contribution in [3.8, 4) is 0 Å². The van der Waals surface area contributed by atoms with Crippen LogP contribution >= 0.6 is 23.2 Å². The van der Waals surface area contributed by atoms with Crippen molar-refractivity contribution in [1.29, 1.82) is 0 Å². The highest BCUT2D eigenvalue weighted by molar-refractivity contribution is 6.33. The standard InChI is InChI=1S/C16H15Cl2F2N/c1-2-7-21-16(12-5-4-11(19)9-15(12)20)13-8-10(17)3-6-14(13)18/h3-6,8-9,16,21H,2,7H2,1H3. The molecule has 0 radical (unpaired) electrons. The second-order valence-electron chi connectivity index (χ2n) is 4.72. The molecular formula is C16H15Cl2F2N. The molecule has 0 aliphatic rings. The summed E-state index contributed by atoms with van der Waals surface area (Å²) in [5, 5.41) is 4.22. The van der Waals surface area contributed by atoms with E-state index in [4.69, 9.17) is 23.2 Å². The Morgan fingerprint density at radius 3 is 2.48 bits per heavy atom. The van der Waals surface area contributed by atoms with E-state index in [2.05, 4.69) is 5.32 Å². The molecule has 1 atom stereocenters. The lowest BCUT2D eigenvalue weighted by molar-refractivity contribution is 0.533. The van der Waals surface area contributed by atoms with Crippen LogP contribution in [0.2, 0.25) is 10.0 Å². The van der Waals surface area contributed by atoms with Crippen LogP contribution in [0.4, 0.5) is 8.78 Å². The van der Waals surface area contributed by atoms with E-state index in [9.17, 15) is 8.78 Å². The van der Waals surface area contributed by atoms with Crippen molar-refractivity contribution in [1.82, 2.24) is 5.32 Å². The largest absolute Gasteiger partial charge is 0.306 e. The quantitative estimate of drug-likeness (QED) is 0.778. The van der Waals surface area contributed by atoms with Gasteiger partial charge in [0.05, 0.1) is 6.04 Å². The first-order valence-electron chi connectivity index (χ1n) is 6.66. The second-order valence-corrected chi connectivity index (χ2v) is 5.56. The van der Waals surface area contributed by atoms with E-state index < -0.39 is 17.7 Å². The number of halogens is 4. The molecule has 2 aromatic rings. The van der Waals surface area contributed by atoms with Crippen molar-refractivity contribution in [2.45, 2.75) is 19.4 Å². The lowest BCUT2D eigenvalue weighted by Crippen LogP contribution is -2.24. The van der Waals surface area contributed by atoms with Gasteiger partial charge in [-0.25, -0.2) is 8.78 Å². The highest BCUT2D eigenvalue weighted by atomic mass is 35.5. The zero-order chi connectivity index (χ0) is 15.4. The Morgan fingerprint density at radius 2 is 1.81 bits per heavy atom. The maximum Gasteiger partial charge on any atom is 0.131 e. The van der Waals surface area contributed by atoms with Crippen LogP contribution in [-0.4, -0.2) is 6.54 Å². The minimum atomic E-state index is -0.611. The zero-order valence-corrected chi connectivity index (χ0v) is 13.0. The molecule has 2 rings (SSSR count). The molecule has 1 nitrogen and oxygen atoms in total. The fourth-order valence-electron chi connectivity index (χ4n) is 2.15. The predicted molar refractivity (Wildman–Crippen MR) is 83.0 cm³/mol. The van der Waals surface area contributed by atoms with E-state index in [0.717, 1.165) is 12.5 Å². The van der Waals surface area contributed by atoms with Crippen LogP contribution in [0.15, 0.2) is 36.4 Å². The van der Waals surface area contributed by atoms with Gasteiger partial charge in [-0.1, -0.05) is 36.2 Å². The van der Waals surface area contributed by atoms with Crippen molar-refractivity contribution in [3.63, 3.8) is 0 Å². The summed E-state index contributed by atoms with van der Waals surface area (Å²) < 4.78 is 27.2. The minimum absolute atomic E-state index is 0.342. The first-order chi connectivity index (χ1) is 10.0. The molecular weight excluding hydrogens is 315 g/mol. The number of hydrogen-bond acceptors (Lipinski definition) is 1. The summed E-state index contributed by atoms with van der Waals surface area (Å²) in [6.45, 7) is 2.68. The van der Waals surface area contributed by atoms with Gasteiger partial charge in [0.15, 0.2) is 0 Å². The Hall–Kier alpha value is -1.16. The molecule has 0 aliphatic heterocycles. The fraction of sp³-hybridized carbons (Fsp3) is 0.250. The molecule has 0 bridgehead atoms. The van der Waals surface area contributed by atoms with Gasteiger partial charge in [0.2, 0.25) is 0 Å². The molecule has 0 aromatic heterocycles. The predicted octanol–water partition coefficient (Wildman–Crippen LogP) is 5.36. The van der Waals surface area contributed by atoms with E-state index in [-0.39, 0.29) is 0 Å². The molecule has 21 heavy (non-hydrogen) atoms. The molecule has 0 aliphatic carbocycles. The van der Waals surface area contributed by atoms with Gasteiger partial charge in [0.1, 0.15) is 11.6 Å². The Bertz CT molecular complexity index is 632. The topological polar surface area (TPSA) is 12.0 Å². The van der Waals surface area contributed by atoms with Crippen LogP contribution in [0.1, 0.15) is 30.5 Å². The van der Waals surface area contributed by atoms with Crippen LogP contribution in [0.25, 0.3) is 0 Å². The summed E-state index contributed by atoms with van der Waals surface area (Å²) in [4.78, 5) is 0. The van der Waals surface area contributed by atoms with Crippen molar-refractivity contribution in [3.05, 3.63) is 69.2 Å². The van der Waals surface area contributed by atoms with Gasteiger partial charge >= 0.3 is 0 Å². The smallest absolute Gasteiger partial charge is 0.131 e. The number of hydrogen-bond donors (Lipinski definition) is 1. The lowest BCUT2D eigenvalue weighted by Gasteiger charge is -2.21. The molecule has 5 heteroatoms. The van der Waals surface area contributed by atoms with Crippen molar-refractivity contribution < 1.29 is 8.78 Å². The molecule has 0 fully saturated rings. The molecule has 0 spiro atoms. The Morgan fingerprint density at radius 1 is 1.05 bits per heavy atom. The van der Waals surface area contributed by atoms with Gasteiger partial charge in [0, 0.05) is 21.7 Å². The van der Waals surface area contributed by atoms with Crippen molar-refractivity contribution in [2.24, 2.45) is 0 Å². The Kier molecular flexibility index (Phi) is 5.57. The normalized spacial score (nSPS) is 12.4. The van der Waals surface area contributed by atoms with E-state index in [0.29, 0.717) is 27.7 Å². The zero-order valence-electron chi connectivity index (χ0n) is 11.5. The third kappa shape index (κ3) is 3.94. The maximum absolute atomic E-state index is 14.1. The van der Waals surface area contributed by atoms with Crippen LogP contribution in [0.5, 0.6) is 0 Å². The molecule has 0 heterocycles. The lowest BCUT2D eigenvalue weighted by atomic mass is 9.97. The molecule has 1 unspecified atom stereocenters. The van der Waals surface area contributed by atoms with E-state index in [1.165, 1.54) is 12.1 Å². The van der Waals surface area contributed by atoms with Crippen molar-refractivity contribution in [2.75, 3.05) is 6.54 Å². The van der Waals surface area contributed by atoms with Crippen LogP contribution < -0.4 is 5.32 Å². The van der Waals surface area contributed by atoms with E-state index in [1.54, 1.807) is 18.2 Å². The fourth-order valence-corrected chi connectivity index (χ4v) is 2.55. The number of benzene rings is 2. The maximum atomic E-state index is 14.1. The van der Waals surface area contributed by atoms with Gasteiger partial charge in [0.25, 0.3) is 0 Å². The molecule has 2 aromatic carbocycles. The summed E-state index contributed by atoms with van der Waals surface area (Å²) in [6.07, 6.45) is 0.873. The molecule has 1 N–H and O–H groups in total. The minimum Gasteiger partial charge on any atom is -0.306 e. The highest BCUT2D eigenvalue weighted by Gasteiger charge is 2.20. The second kappa shape index (κ2) is 7.21. The first kappa shape index (κ1) is 16.2. The Balaban J connectivity index is 2.49. The average Bonchev–Trinajstić information content (AvgIpc) is 2.44. The number of nitrogens with one attached hydrogen (secondary N) is 1. The molecule has 0 saturated heterocycles. The third-order valence-corrected chi connectivity index (χ3v) is 3.72. The van der Waals surface area contributed by atoms with Gasteiger partial charge in [-0.3, -0.25) is 0 Å². The van der Waals surface area contributed by atoms with E-state index in [1.807, 2.05) is 6.92 Å². The highest BCUT2D eigenvalue weighted by Crippen LogP contribution is 2.32. The summed E-state index contributed by atoms with van der Waals surface area (Å²) in [7, 11) is 0. The number of rotatable bonds is 5. The average molecular weight is 330 g/mol. The summed E-state index contributed by atoms with van der Waals surface area (Å²) in [5.74, 6) is -1.22. The summed E-state index contributed by atoms with van der Waals surface area (Å²) in [5.41, 5.74) is 1.01. The monoisotopic (exact) mass is 329 g/mol. The van der Waals surface area contributed by atoms with Crippen molar-refractivity contribution >= 4 is 23.2 Å². The molecule has 0 saturated carbocycles. The van der Waals surface area contributed by atoms with Gasteiger partial charge in [-0.05, 0) is 42.8 Å². The SMILES string of the molecule is CCCNC(c1ccc(F)cc1F)c1cc(Cl)ccc1Cl. The van der Waals surface area contributed by atoms with E-state index >= 15 is 0 Å². The molecule has 112 valence electrons. The van der Waals surface area contributed by atoms with Gasteiger partial charge in [-0.15, -0.1) is 0 Å². The van der Waals surface area contributed by atoms with Crippen LogP contribution in [0, 0.1) is 11.6 Å². The summed E-state index contributed by atoms with van der Waals surface area (Å²) >= 11 is 12.2. The van der Waals surface area contributed by atoms with Crippen LogP contribution in [0.3, 0.4) is 0 Å². The van der Waals surface area contributed by atoms with Gasteiger partial charge in [-0.2, -0.15) is 0 Å². The molecule has 0 amide bonds. The van der Waals surface area contributed by atoms with Gasteiger partial charge < -0.3 is 5.32 Å². The van der Waals surface area contributed by atoms with Crippen LogP contribution in [-0.2, 0) is 0 Å². The third-order valence-electron chi connectivity index (χ3n) is 3.14. The first-order valence-corrected chi connectivity index (χ1v) is 7.41. The Labute approximate surface area is 132 Å².